The van der Waals surface area contributed by atoms with Crippen LogP contribution in [0.1, 0.15) is 47.0 Å². The van der Waals surface area contributed by atoms with Crippen molar-refractivity contribution in [3.05, 3.63) is 0 Å². The molecule has 2 aliphatic rings. The molecule has 0 amide bonds. The largest absolute Gasteiger partial charge is 0.315 e. The van der Waals surface area contributed by atoms with Gasteiger partial charge in [-0.2, -0.15) is 0 Å². The van der Waals surface area contributed by atoms with E-state index in [0.29, 0.717) is 17.5 Å². The van der Waals surface area contributed by atoms with Crippen molar-refractivity contribution in [3.63, 3.8) is 0 Å². The van der Waals surface area contributed by atoms with E-state index in [2.05, 4.69) is 49.9 Å². The fourth-order valence-corrected chi connectivity index (χ4v) is 4.38. The average molecular weight is 267 g/mol. The van der Waals surface area contributed by atoms with Crippen molar-refractivity contribution in [1.82, 2.24) is 15.1 Å². The zero-order chi connectivity index (χ0) is 14.0. The second-order valence-electron chi connectivity index (χ2n) is 7.19. The second-order valence-corrected chi connectivity index (χ2v) is 7.19. The van der Waals surface area contributed by atoms with E-state index in [-0.39, 0.29) is 0 Å². The van der Waals surface area contributed by atoms with Gasteiger partial charge in [-0.05, 0) is 38.8 Å². The predicted molar refractivity (Wildman–Crippen MR) is 82.5 cm³/mol. The number of rotatable bonds is 3. The van der Waals surface area contributed by atoms with Crippen LogP contribution in [0, 0.1) is 5.41 Å². The molecule has 0 spiro atoms. The first-order valence-corrected chi connectivity index (χ1v) is 8.15. The second kappa shape index (κ2) is 6.11. The molecule has 1 saturated carbocycles. The predicted octanol–water partition coefficient (Wildman–Crippen LogP) is 2.18. The summed E-state index contributed by atoms with van der Waals surface area (Å²) in [5, 5.41) is 3.63. The molecular formula is C16H33N3. The molecule has 1 aliphatic carbocycles. The lowest BCUT2D eigenvalue weighted by molar-refractivity contribution is 0.00276. The summed E-state index contributed by atoms with van der Waals surface area (Å²) in [6, 6.07) is 2.08. The summed E-state index contributed by atoms with van der Waals surface area (Å²) in [6.07, 6.45) is 4.12. The molecule has 2 fully saturated rings. The Morgan fingerprint density at radius 3 is 2.58 bits per heavy atom. The molecule has 3 unspecified atom stereocenters. The van der Waals surface area contributed by atoms with Gasteiger partial charge in [0.1, 0.15) is 0 Å². The molecule has 2 rings (SSSR count). The first-order chi connectivity index (χ1) is 8.99. The van der Waals surface area contributed by atoms with Crippen LogP contribution in [0.15, 0.2) is 0 Å². The molecule has 1 aliphatic heterocycles. The monoisotopic (exact) mass is 267 g/mol. The summed E-state index contributed by atoms with van der Waals surface area (Å²) < 4.78 is 0. The standard InChI is InChI=1S/C16H33N3/c1-6-18-10-11-19(12-13(18)2)14-8-7-9-16(3,4)15(14)17-5/h13-15,17H,6-12H2,1-5H3. The van der Waals surface area contributed by atoms with Crippen molar-refractivity contribution in [2.75, 3.05) is 33.2 Å². The summed E-state index contributed by atoms with van der Waals surface area (Å²) in [7, 11) is 2.15. The van der Waals surface area contributed by atoms with Gasteiger partial charge in [-0.1, -0.05) is 27.2 Å². The van der Waals surface area contributed by atoms with Gasteiger partial charge in [-0.25, -0.2) is 0 Å². The Kier molecular flexibility index (Phi) is 4.91. The molecule has 0 bridgehead atoms. The van der Waals surface area contributed by atoms with Crippen LogP contribution in [0.25, 0.3) is 0 Å². The maximum Gasteiger partial charge on any atom is 0.0271 e. The average Bonchev–Trinajstić information content (AvgIpc) is 2.37. The third kappa shape index (κ3) is 3.14. The van der Waals surface area contributed by atoms with Crippen LogP contribution < -0.4 is 5.32 Å². The fraction of sp³-hybridized carbons (Fsp3) is 1.00. The maximum absolute atomic E-state index is 3.63. The van der Waals surface area contributed by atoms with Crippen LogP contribution in [0.3, 0.4) is 0 Å². The third-order valence-electron chi connectivity index (χ3n) is 5.53. The highest BCUT2D eigenvalue weighted by molar-refractivity contribution is 4.99. The molecule has 3 atom stereocenters. The molecule has 1 N–H and O–H groups in total. The summed E-state index contributed by atoms with van der Waals surface area (Å²) >= 11 is 0. The third-order valence-corrected chi connectivity index (χ3v) is 5.53. The van der Waals surface area contributed by atoms with E-state index < -0.39 is 0 Å². The lowest BCUT2D eigenvalue weighted by Crippen LogP contribution is -2.63. The summed E-state index contributed by atoms with van der Waals surface area (Å²) in [4.78, 5) is 5.37. The summed E-state index contributed by atoms with van der Waals surface area (Å²) in [6.45, 7) is 14.5. The van der Waals surface area contributed by atoms with Gasteiger partial charge in [0.05, 0.1) is 0 Å². The van der Waals surface area contributed by atoms with E-state index in [9.17, 15) is 0 Å². The fourth-order valence-electron chi connectivity index (χ4n) is 4.38. The van der Waals surface area contributed by atoms with Gasteiger partial charge in [0.15, 0.2) is 0 Å². The van der Waals surface area contributed by atoms with E-state index >= 15 is 0 Å². The van der Waals surface area contributed by atoms with E-state index in [1.807, 2.05) is 0 Å². The number of nitrogens with zero attached hydrogens (tertiary/aromatic N) is 2. The Balaban J connectivity index is 2.04. The van der Waals surface area contributed by atoms with Crippen LogP contribution in [0.5, 0.6) is 0 Å². The van der Waals surface area contributed by atoms with E-state index in [1.165, 1.54) is 45.4 Å². The van der Waals surface area contributed by atoms with E-state index in [0.717, 1.165) is 6.04 Å². The first kappa shape index (κ1) is 15.3. The van der Waals surface area contributed by atoms with Crippen LogP contribution in [-0.2, 0) is 0 Å². The Morgan fingerprint density at radius 1 is 1.26 bits per heavy atom. The topological polar surface area (TPSA) is 18.5 Å². The lowest BCUT2D eigenvalue weighted by Gasteiger charge is -2.51. The van der Waals surface area contributed by atoms with Gasteiger partial charge in [-0.3, -0.25) is 9.80 Å². The minimum absolute atomic E-state index is 0.433. The van der Waals surface area contributed by atoms with E-state index in [1.54, 1.807) is 0 Å². The highest BCUT2D eigenvalue weighted by Gasteiger charge is 2.41. The molecule has 0 aromatic carbocycles. The summed E-state index contributed by atoms with van der Waals surface area (Å²) in [5.74, 6) is 0. The normalized spacial score (nSPS) is 37.4. The Hall–Kier alpha value is -0.120. The van der Waals surface area contributed by atoms with Crippen LogP contribution in [0.4, 0.5) is 0 Å². The van der Waals surface area contributed by atoms with Crippen molar-refractivity contribution in [3.8, 4) is 0 Å². The SMILES string of the molecule is CCN1CCN(C2CCCC(C)(C)C2NC)CC1C. The van der Waals surface area contributed by atoms with Crippen LogP contribution in [0.2, 0.25) is 0 Å². The Bertz CT molecular complexity index is 290. The molecule has 19 heavy (non-hydrogen) atoms. The smallest absolute Gasteiger partial charge is 0.0271 e. The van der Waals surface area contributed by atoms with Crippen molar-refractivity contribution >= 4 is 0 Å². The zero-order valence-electron chi connectivity index (χ0n) is 13.6. The Labute approximate surface area is 119 Å². The van der Waals surface area contributed by atoms with Crippen molar-refractivity contribution < 1.29 is 0 Å². The lowest BCUT2D eigenvalue weighted by atomic mass is 9.70. The van der Waals surface area contributed by atoms with Crippen LogP contribution >= 0.6 is 0 Å². The number of hydrogen-bond donors (Lipinski definition) is 1. The van der Waals surface area contributed by atoms with Crippen molar-refractivity contribution in [1.29, 1.82) is 0 Å². The molecule has 0 radical (unpaired) electrons. The zero-order valence-corrected chi connectivity index (χ0v) is 13.6. The van der Waals surface area contributed by atoms with E-state index in [4.69, 9.17) is 0 Å². The van der Waals surface area contributed by atoms with Gasteiger partial charge in [0.2, 0.25) is 0 Å². The highest BCUT2D eigenvalue weighted by Crippen LogP contribution is 2.38. The first-order valence-electron chi connectivity index (χ1n) is 8.15. The number of piperazine rings is 1. The Morgan fingerprint density at radius 2 is 2.00 bits per heavy atom. The van der Waals surface area contributed by atoms with Gasteiger partial charge < -0.3 is 5.32 Å². The maximum atomic E-state index is 3.63. The van der Waals surface area contributed by atoms with Crippen molar-refractivity contribution in [2.45, 2.75) is 65.1 Å². The van der Waals surface area contributed by atoms with Crippen LogP contribution in [-0.4, -0.2) is 61.2 Å². The molecule has 1 saturated heterocycles. The molecule has 3 heteroatoms. The molecule has 0 aromatic rings. The number of likely N-dealkylation sites (N-methyl/N-ethyl adjacent to an activating group) is 2. The minimum Gasteiger partial charge on any atom is -0.315 e. The molecule has 0 aromatic heterocycles. The van der Waals surface area contributed by atoms with Gasteiger partial charge in [0, 0.05) is 37.8 Å². The van der Waals surface area contributed by atoms with Gasteiger partial charge in [-0.15, -0.1) is 0 Å². The molecule has 112 valence electrons. The number of hydrogen-bond acceptors (Lipinski definition) is 3. The van der Waals surface area contributed by atoms with Gasteiger partial charge in [0.25, 0.3) is 0 Å². The summed E-state index contributed by atoms with van der Waals surface area (Å²) in [5.41, 5.74) is 0.433. The van der Waals surface area contributed by atoms with Gasteiger partial charge >= 0.3 is 0 Å². The number of nitrogens with one attached hydrogen (secondary N) is 1. The van der Waals surface area contributed by atoms with Crippen molar-refractivity contribution in [2.24, 2.45) is 5.41 Å². The quantitative estimate of drug-likeness (QED) is 0.845. The molecular weight excluding hydrogens is 234 g/mol. The molecule has 1 heterocycles. The molecule has 3 nitrogen and oxygen atoms in total. The minimum atomic E-state index is 0.433. The highest BCUT2D eigenvalue weighted by atomic mass is 15.3.